The van der Waals surface area contributed by atoms with Gasteiger partial charge in [-0.05, 0) is 69.1 Å². The topological polar surface area (TPSA) is 0 Å². The minimum Gasteiger partial charge on any atom is -0.247 e. The highest BCUT2D eigenvalue weighted by molar-refractivity contribution is 5.11. The Labute approximate surface area is 166 Å². The summed E-state index contributed by atoms with van der Waals surface area (Å²) in [6.45, 7) is 2.29. The van der Waals surface area contributed by atoms with Crippen molar-refractivity contribution >= 4 is 0 Å². The van der Waals surface area contributed by atoms with E-state index in [1.165, 1.54) is 77.0 Å². The number of hydrogen-bond acceptors (Lipinski definition) is 0. The number of halogens is 2. The zero-order chi connectivity index (χ0) is 19.1. The quantitative estimate of drug-likeness (QED) is 0.340. The van der Waals surface area contributed by atoms with Crippen LogP contribution in [0.5, 0.6) is 0 Å². The Hall–Kier alpha value is -0.580. The second-order valence-electron chi connectivity index (χ2n) is 9.71. The van der Waals surface area contributed by atoms with Gasteiger partial charge in [0.1, 0.15) is 12.3 Å². The van der Waals surface area contributed by atoms with Crippen LogP contribution < -0.4 is 0 Å². The largest absolute Gasteiger partial charge is 0.247 e. The van der Waals surface area contributed by atoms with Crippen molar-refractivity contribution in [1.29, 1.82) is 0 Å². The molecule has 27 heavy (non-hydrogen) atoms. The van der Waals surface area contributed by atoms with Crippen LogP contribution in [0.2, 0.25) is 0 Å². The highest BCUT2D eigenvalue weighted by Crippen LogP contribution is 2.42. The molecule has 0 radical (unpaired) electrons. The van der Waals surface area contributed by atoms with Crippen molar-refractivity contribution in [2.75, 3.05) is 0 Å². The summed E-state index contributed by atoms with van der Waals surface area (Å²) in [4.78, 5) is 0. The van der Waals surface area contributed by atoms with Gasteiger partial charge >= 0.3 is 0 Å². The van der Waals surface area contributed by atoms with Crippen molar-refractivity contribution < 1.29 is 8.78 Å². The van der Waals surface area contributed by atoms with E-state index in [2.05, 4.69) is 18.8 Å². The maximum absolute atomic E-state index is 13.9. The zero-order valence-corrected chi connectivity index (χ0v) is 17.4. The highest BCUT2D eigenvalue weighted by atomic mass is 19.1. The second-order valence-corrected chi connectivity index (χ2v) is 9.71. The number of unbranched alkanes of at least 4 members (excludes halogenated alkanes) is 2. The summed E-state index contributed by atoms with van der Waals surface area (Å²) in [5.41, 5.74) is 0. The predicted molar refractivity (Wildman–Crippen MR) is 110 cm³/mol. The zero-order valence-electron chi connectivity index (χ0n) is 17.4. The summed E-state index contributed by atoms with van der Waals surface area (Å²) >= 11 is 0. The Bertz CT molecular complexity index is 474. The first-order valence-corrected chi connectivity index (χ1v) is 11.9. The summed E-state index contributed by atoms with van der Waals surface area (Å²) < 4.78 is 27.2. The van der Waals surface area contributed by atoms with E-state index < -0.39 is 12.3 Å². The van der Waals surface area contributed by atoms with E-state index in [-0.39, 0.29) is 12.3 Å². The van der Waals surface area contributed by atoms with Gasteiger partial charge < -0.3 is 0 Å². The predicted octanol–water partition coefficient (Wildman–Crippen LogP) is 7.66. The van der Waals surface area contributed by atoms with Crippen molar-refractivity contribution in [3.05, 3.63) is 0 Å². The molecule has 2 heteroatoms. The van der Waals surface area contributed by atoms with E-state index in [0.29, 0.717) is 18.8 Å². The monoisotopic (exact) mass is 378 g/mol. The molecule has 3 atom stereocenters. The molecule has 3 aliphatic carbocycles. The number of hydrogen-bond donors (Lipinski definition) is 0. The molecule has 0 aromatic carbocycles. The molecule has 3 rings (SSSR count). The van der Waals surface area contributed by atoms with Gasteiger partial charge in [0.2, 0.25) is 0 Å². The molecular formula is C25H40F2. The van der Waals surface area contributed by atoms with E-state index in [4.69, 9.17) is 0 Å². The fraction of sp³-hybridized carbons (Fsp3) is 0.920. The third-order valence-corrected chi connectivity index (χ3v) is 7.73. The first-order chi connectivity index (χ1) is 13.2. The van der Waals surface area contributed by atoms with Gasteiger partial charge in [-0.3, -0.25) is 0 Å². The molecule has 0 nitrogen and oxygen atoms in total. The van der Waals surface area contributed by atoms with E-state index in [9.17, 15) is 8.78 Å². The van der Waals surface area contributed by atoms with Crippen LogP contribution >= 0.6 is 0 Å². The van der Waals surface area contributed by atoms with E-state index in [0.717, 1.165) is 17.8 Å². The molecule has 3 saturated carbocycles. The van der Waals surface area contributed by atoms with Crippen LogP contribution in [0.3, 0.4) is 0 Å². The van der Waals surface area contributed by atoms with E-state index in [1.807, 2.05) is 0 Å². The van der Waals surface area contributed by atoms with E-state index in [1.54, 1.807) is 0 Å². The molecule has 3 fully saturated rings. The van der Waals surface area contributed by atoms with Gasteiger partial charge in [-0.15, -0.1) is 0 Å². The molecule has 0 amide bonds. The van der Waals surface area contributed by atoms with Gasteiger partial charge in [0, 0.05) is 12.3 Å². The molecule has 0 aliphatic heterocycles. The van der Waals surface area contributed by atoms with Gasteiger partial charge in [0.15, 0.2) is 0 Å². The maximum Gasteiger partial charge on any atom is 0.117 e. The number of alkyl halides is 2. The van der Waals surface area contributed by atoms with Crippen molar-refractivity contribution in [3.8, 4) is 11.8 Å². The molecule has 0 N–H and O–H groups in total. The van der Waals surface area contributed by atoms with Crippen molar-refractivity contribution in [2.24, 2.45) is 29.6 Å². The molecule has 0 heterocycles. The van der Waals surface area contributed by atoms with Crippen LogP contribution in [0, 0.1) is 41.4 Å². The first-order valence-electron chi connectivity index (χ1n) is 11.9. The van der Waals surface area contributed by atoms with Crippen LogP contribution in [-0.4, -0.2) is 12.3 Å². The molecule has 0 aromatic rings. The van der Waals surface area contributed by atoms with Gasteiger partial charge in [-0.1, -0.05) is 57.3 Å². The molecule has 0 spiro atoms. The molecule has 154 valence electrons. The van der Waals surface area contributed by atoms with Gasteiger partial charge in [0.25, 0.3) is 0 Å². The van der Waals surface area contributed by atoms with Gasteiger partial charge in [-0.2, -0.15) is 0 Å². The maximum atomic E-state index is 13.9. The van der Waals surface area contributed by atoms with Crippen LogP contribution in [0.15, 0.2) is 0 Å². The number of rotatable bonds is 5. The van der Waals surface area contributed by atoms with Crippen molar-refractivity contribution in [2.45, 2.75) is 116 Å². The Balaban J connectivity index is 1.36. The lowest BCUT2D eigenvalue weighted by molar-refractivity contribution is 0.128. The second kappa shape index (κ2) is 10.8. The summed E-state index contributed by atoms with van der Waals surface area (Å²) in [7, 11) is 0. The molecule has 0 aromatic heterocycles. The molecular weight excluding hydrogens is 338 g/mol. The molecule has 0 saturated heterocycles. The lowest BCUT2D eigenvalue weighted by Crippen LogP contribution is -2.27. The smallest absolute Gasteiger partial charge is 0.117 e. The van der Waals surface area contributed by atoms with Gasteiger partial charge in [0.05, 0.1) is 5.92 Å². The lowest BCUT2D eigenvalue weighted by atomic mass is 9.68. The van der Waals surface area contributed by atoms with Crippen molar-refractivity contribution in [1.82, 2.24) is 0 Å². The molecule has 3 aliphatic rings. The van der Waals surface area contributed by atoms with Crippen LogP contribution in [-0.2, 0) is 0 Å². The SMILES string of the molecule is CCCCCC1CCC(C2CCC(C#CC3CCC(F)CC3F)CC2)CC1. The molecule has 0 bridgehead atoms. The minimum atomic E-state index is -1.05. The third kappa shape index (κ3) is 6.47. The summed E-state index contributed by atoms with van der Waals surface area (Å²) in [5, 5.41) is 0. The Kier molecular flexibility index (Phi) is 8.47. The fourth-order valence-electron chi connectivity index (χ4n) is 5.82. The van der Waals surface area contributed by atoms with Gasteiger partial charge in [-0.25, -0.2) is 8.78 Å². The minimum absolute atomic E-state index is 0.0627. The van der Waals surface area contributed by atoms with Crippen LogP contribution in [0.4, 0.5) is 8.78 Å². The average Bonchev–Trinajstić information content (AvgIpc) is 2.69. The third-order valence-electron chi connectivity index (χ3n) is 7.73. The summed E-state index contributed by atoms with van der Waals surface area (Å²) in [6.07, 6.45) is 15.7. The summed E-state index contributed by atoms with van der Waals surface area (Å²) in [5.74, 6) is 9.70. The van der Waals surface area contributed by atoms with Crippen LogP contribution in [0.1, 0.15) is 103 Å². The van der Waals surface area contributed by atoms with E-state index >= 15 is 0 Å². The highest BCUT2D eigenvalue weighted by Gasteiger charge is 2.31. The summed E-state index contributed by atoms with van der Waals surface area (Å²) in [6, 6.07) is 0. The first kappa shape index (κ1) is 21.1. The standard InChI is InChI=1S/C25H40F2/c1-2-3-4-5-19-6-11-21(12-7-19)22-13-8-20(9-14-22)10-15-23-16-17-24(26)18-25(23)27/h19-25H,2-9,11-14,16-18H2,1H3. The lowest BCUT2D eigenvalue weighted by Gasteiger charge is -2.37. The Morgan fingerprint density at radius 2 is 1.41 bits per heavy atom. The van der Waals surface area contributed by atoms with Crippen molar-refractivity contribution in [3.63, 3.8) is 0 Å². The van der Waals surface area contributed by atoms with Crippen LogP contribution in [0.25, 0.3) is 0 Å². The normalized spacial score (nSPS) is 40.2. The average molecular weight is 379 g/mol. The fourth-order valence-corrected chi connectivity index (χ4v) is 5.82. The molecule has 3 unspecified atom stereocenters. The Morgan fingerprint density at radius 3 is 2.04 bits per heavy atom. The Morgan fingerprint density at radius 1 is 0.741 bits per heavy atom.